The molecule has 0 nitrogen and oxygen atoms in total. The molecule has 19 heavy (non-hydrogen) atoms. The molecule has 92 valence electrons. The zero-order valence-corrected chi connectivity index (χ0v) is 12.4. The van der Waals surface area contributed by atoms with Crippen LogP contribution in [0.5, 0.6) is 0 Å². The predicted octanol–water partition coefficient (Wildman–Crippen LogP) is 6.36. The number of fused-ring (bicyclic) bond motifs is 1. The van der Waals surface area contributed by atoms with Crippen molar-refractivity contribution in [3.63, 3.8) is 0 Å². The highest BCUT2D eigenvalue weighted by atomic mass is 32.1. The van der Waals surface area contributed by atoms with Crippen LogP contribution in [-0.2, 0) is 0 Å². The maximum atomic E-state index is 2.30. The molecule has 0 radical (unpaired) electrons. The quantitative estimate of drug-likeness (QED) is 0.404. The molecule has 0 fully saturated rings. The molecule has 0 bridgehead atoms. The Kier molecular flexibility index (Phi) is 2.76. The van der Waals surface area contributed by atoms with Gasteiger partial charge in [-0.05, 0) is 41.1 Å². The van der Waals surface area contributed by atoms with Gasteiger partial charge in [-0.3, -0.25) is 0 Å². The van der Waals surface area contributed by atoms with E-state index in [-0.39, 0.29) is 0 Å². The summed E-state index contributed by atoms with van der Waals surface area (Å²) >= 11 is 5.56. The van der Waals surface area contributed by atoms with Crippen molar-refractivity contribution in [2.24, 2.45) is 0 Å². The molecule has 0 saturated heterocycles. The molecule has 0 aliphatic rings. The fraction of sp³-hybridized carbons (Fsp3) is 0. The van der Waals surface area contributed by atoms with Crippen LogP contribution in [0.25, 0.3) is 29.6 Å². The Morgan fingerprint density at radius 3 is 2.26 bits per heavy atom. The molecule has 1 aromatic carbocycles. The minimum absolute atomic E-state index is 1.34. The highest BCUT2D eigenvalue weighted by molar-refractivity contribution is 7.28. The Bertz CT molecular complexity index is 786. The van der Waals surface area contributed by atoms with Crippen LogP contribution in [0, 0.1) is 0 Å². The molecule has 0 aliphatic heterocycles. The second-order valence-electron chi connectivity index (χ2n) is 4.29. The average molecular weight is 298 g/mol. The number of hydrogen-bond acceptors (Lipinski definition) is 3. The molecule has 0 saturated carbocycles. The smallest absolute Gasteiger partial charge is 0.0455 e. The summed E-state index contributed by atoms with van der Waals surface area (Å²) in [5, 5.41) is 3.47. The Balaban J connectivity index is 1.80. The standard InChI is InChI=1S/C16H10S3/c1-2-5-12-11(4-1)10-16(18-12)15-8-7-14(19-15)13-6-3-9-17-13/h1-10H. The number of thiophene rings is 3. The van der Waals surface area contributed by atoms with Gasteiger partial charge in [-0.25, -0.2) is 0 Å². The van der Waals surface area contributed by atoms with E-state index in [1.54, 1.807) is 11.3 Å². The van der Waals surface area contributed by atoms with Crippen molar-refractivity contribution in [3.8, 4) is 19.5 Å². The van der Waals surface area contributed by atoms with E-state index < -0.39 is 0 Å². The zero-order valence-electron chi connectivity index (χ0n) is 10.00. The normalized spacial score (nSPS) is 11.2. The van der Waals surface area contributed by atoms with Gasteiger partial charge in [0, 0.05) is 24.2 Å². The van der Waals surface area contributed by atoms with E-state index in [1.807, 2.05) is 22.7 Å². The lowest BCUT2D eigenvalue weighted by atomic mass is 10.2. The average Bonchev–Trinajstić information content (AvgIpc) is 3.17. The van der Waals surface area contributed by atoms with Crippen LogP contribution in [0.4, 0.5) is 0 Å². The van der Waals surface area contributed by atoms with Gasteiger partial charge in [0.15, 0.2) is 0 Å². The van der Waals surface area contributed by atoms with Gasteiger partial charge >= 0.3 is 0 Å². The lowest BCUT2D eigenvalue weighted by molar-refractivity contribution is 1.85. The molecular formula is C16H10S3. The van der Waals surface area contributed by atoms with Crippen molar-refractivity contribution in [2.45, 2.75) is 0 Å². The first kappa shape index (κ1) is 11.4. The molecule has 3 heterocycles. The van der Waals surface area contributed by atoms with Gasteiger partial charge in [-0.15, -0.1) is 34.0 Å². The lowest BCUT2D eigenvalue weighted by Gasteiger charge is -1.89. The second kappa shape index (κ2) is 4.60. The van der Waals surface area contributed by atoms with Gasteiger partial charge < -0.3 is 0 Å². The van der Waals surface area contributed by atoms with Gasteiger partial charge in [-0.1, -0.05) is 24.3 Å². The van der Waals surface area contributed by atoms with Gasteiger partial charge in [0.2, 0.25) is 0 Å². The number of rotatable bonds is 2. The summed E-state index contributed by atoms with van der Waals surface area (Å²) in [4.78, 5) is 5.46. The third kappa shape index (κ3) is 2.04. The van der Waals surface area contributed by atoms with Crippen LogP contribution in [0.2, 0.25) is 0 Å². The van der Waals surface area contributed by atoms with Crippen LogP contribution in [0.1, 0.15) is 0 Å². The van der Waals surface area contributed by atoms with Crippen molar-refractivity contribution in [3.05, 3.63) is 60.0 Å². The van der Waals surface area contributed by atoms with E-state index in [0.717, 1.165) is 0 Å². The molecule has 3 heteroatoms. The van der Waals surface area contributed by atoms with Crippen molar-refractivity contribution in [1.82, 2.24) is 0 Å². The highest BCUT2D eigenvalue weighted by Gasteiger charge is 2.08. The van der Waals surface area contributed by atoms with Crippen LogP contribution < -0.4 is 0 Å². The minimum atomic E-state index is 1.34. The molecule has 0 aliphatic carbocycles. The Hall–Kier alpha value is -1.42. The van der Waals surface area contributed by atoms with E-state index in [1.165, 1.54) is 29.6 Å². The Morgan fingerprint density at radius 1 is 0.632 bits per heavy atom. The minimum Gasteiger partial charge on any atom is -0.143 e. The molecule has 4 aromatic rings. The maximum absolute atomic E-state index is 2.30. The third-order valence-electron chi connectivity index (χ3n) is 3.04. The van der Waals surface area contributed by atoms with Gasteiger partial charge in [0.1, 0.15) is 0 Å². The summed E-state index contributed by atoms with van der Waals surface area (Å²) < 4.78 is 1.36. The largest absolute Gasteiger partial charge is 0.143 e. The molecule has 0 amide bonds. The SMILES string of the molecule is c1csc(-c2ccc(-c3cc4ccccc4s3)s2)c1. The number of benzene rings is 1. The monoisotopic (exact) mass is 298 g/mol. The van der Waals surface area contributed by atoms with Gasteiger partial charge in [0.25, 0.3) is 0 Å². The summed E-state index contributed by atoms with van der Waals surface area (Å²) in [6.45, 7) is 0. The predicted molar refractivity (Wildman–Crippen MR) is 88.5 cm³/mol. The van der Waals surface area contributed by atoms with Crippen LogP contribution in [0.3, 0.4) is 0 Å². The molecule has 3 aromatic heterocycles. The van der Waals surface area contributed by atoms with Crippen molar-refractivity contribution < 1.29 is 0 Å². The Labute approximate surface area is 123 Å². The summed E-state index contributed by atoms with van der Waals surface area (Å²) in [7, 11) is 0. The highest BCUT2D eigenvalue weighted by Crippen LogP contribution is 2.40. The molecule has 0 unspecified atom stereocenters. The first-order valence-corrected chi connectivity index (χ1v) is 8.54. The van der Waals surface area contributed by atoms with Crippen LogP contribution in [-0.4, -0.2) is 0 Å². The van der Waals surface area contributed by atoms with Gasteiger partial charge in [-0.2, -0.15) is 0 Å². The Morgan fingerprint density at radius 2 is 1.47 bits per heavy atom. The molecule has 0 atom stereocenters. The number of hydrogen-bond donors (Lipinski definition) is 0. The van der Waals surface area contributed by atoms with E-state index in [9.17, 15) is 0 Å². The lowest BCUT2D eigenvalue weighted by Crippen LogP contribution is -1.58. The summed E-state index contributed by atoms with van der Waals surface area (Å²) in [6.07, 6.45) is 0. The van der Waals surface area contributed by atoms with E-state index in [0.29, 0.717) is 0 Å². The molecular weight excluding hydrogens is 288 g/mol. The topological polar surface area (TPSA) is 0 Å². The fourth-order valence-electron chi connectivity index (χ4n) is 2.12. The summed E-state index contributed by atoms with van der Waals surface area (Å²) in [5.41, 5.74) is 0. The van der Waals surface area contributed by atoms with Crippen molar-refractivity contribution in [1.29, 1.82) is 0 Å². The molecule has 0 spiro atoms. The van der Waals surface area contributed by atoms with Crippen LogP contribution in [0.15, 0.2) is 60.0 Å². The van der Waals surface area contributed by atoms with E-state index in [4.69, 9.17) is 0 Å². The molecule has 4 rings (SSSR count). The summed E-state index contributed by atoms with van der Waals surface area (Å²) in [5.74, 6) is 0. The van der Waals surface area contributed by atoms with Crippen molar-refractivity contribution in [2.75, 3.05) is 0 Å². The summed E-state index contributed by atoms with van der Waals surface area (Å²) in [6, 6.07) is 19.6. The first-order valence-electron chi connectivity index (χ1n) is 6.03. The zero-order chi connectivity index (χ0) is 12.7. The van der Waals surface area contributed by atoms with Crippen molar-refractivity contribution >= 4 is 44.1 Å². The third-order valence-corrected chi connectivity index (χ3v) is 6.50. The van der Waals surface area contributed by atoms with Crippen LogP contribution >= 0.6 is 34.0 Å². The molecule has 0 N–H and O–H groups in total. The second-order valence-corrected chi connectivity index (χ2v) is 7.40. The van der Waals surface area contributed by atoms with Gasteiger partial charge in [0.05, 0.1) is 0 Å². The maximum Gasteiger partial charge on any atom is 0.0455 e. The first-order chi connectivity index (χ1) is 9.40. The van der Waals surface area contributed by atoms with E-state index >= 15 is 0 Å². The fourth-order valence-corrected chi connectivity index (χ4v) is 5.11. The van der Waals surface area contributed by atoms with E-state index in [2.05, 4.69) is 60.0 Å².